The van der Waals surface area contributed by atoms with Crippen molar-refractivity contribution >= 4 is 6.03 Å². The molecule has 4 heteroatoms. The van der Waals surface area contributed by atoms with Crippen LogP contribution in [-0.4, -0.2) is 37.2 Å². The Bertz CT molecular complexity index is 550. The molecular weight excluding hydrogens is 288 g/mol. The van der Waals surface area contributed by atoms with Crippen LogP contribution in [0.5, 0.6) is 0 Å². The zero-order valence-electron chi connectivity index (χ0n) is 13.7. The van der Waals surface area contributed by atoms with Crippen molar-refractivity contribution in [3.63, 3.8) is 0 Å². The predicted octanol–water partition coefficient (Wildman–Crippen LogP) is 3.35. The molecule has 2 aliphatic heterocycles. The smallest absolute Gasteiger partial charge is 0.317 e. The number of carbonyl (C=O) groups excluding carboxylic acids is 1. The van der Waals surface area contributed by atoms with Crippen molar-refractivity contribution in [2.75, 3.05) is 26.3 Å². The van der Waals surface area contributed by atoms with Crippen LogP contribution in [-0.2, 0) is 4.74 Å². The van der Waals surface area contributed by atoms with E-state index in [2.05, 4.69) is 29.6 Å². The second-order valence-corrected chi connectivity index (χ2v) is 7.50. The normalized spacial score (nSPS) is 28.8. The van der Waals surface area contributed by atoms with Gasteiger partial charge in [-0.05, 0) is 37.2 Å². The molecule has 4 nitrogen and oxygen atoms in total. The molecule has 3 fully saturated rings. The molecule has 2 heterocycles. The minimum atomic E-state index is 0.106. The fourth-order valence-corrected chi connectivity index (χ4v) is 4.21. The monoisotopic (exact) mass is 314 g/mol. The van der Waals surface area contributed by atoms with Crippen LogP contribution in [0.15, 0.2) is 30.3 Å². The molecule has 1 aliphatic carbocycles. The Morgan fingerprint density at radius 3 is 2.74 bits per heavy atom. The van der Waals surface area contributed by atoms with Gasteiger partial charge in [0, 0.05) is 25.1 Å². The second-order valence-electron chi connectivity index (χ2n) is 7.50. The number of likely N-dealkylation sites (tertiary alicyclic amines) is 1. The molecule has 2 amide bonds. The summed E-state index contributed by atoms with van der Waals surface area (Å²) < 4.78 is 5.57. The third-order valence-corrected chi connectivity index (χ3v) is 5.97. The van der Waals surface area contributed by atoms with Gasteiger partial charge in [0.1, 0.15) is 0 Å². The zero-order valence-corrected chi connectivity index (χ0v) is 13.7. The third kappa shape index (κ3) is 2.97. The number of amides is 2. The summed E-state index contributed by atoms with van der Waals surface area (Å²) in [5, 5.41) is 3.33. The fraction of sp³-hybridized carbons (Fsp3) is 0.632. The summed E-state index contributed by atoms with van der Waals surface area (Å²) in [6.07, 6.45) is 5.91. The first kappa shape index (κ1) is 15.0. The van der Waals surface area contributed by atoms with Crippen LogP contribution < -0.4 is 5.32 Å². The fourth-order valence-electron chi connectivity index (χ4n) is 4.21. The van der Waals surface area contributed by atoms with Crippen molar-refractivity contribution in [2.24, 2.45) is 11.3 Å². The number of urea groups is 1. The number of hydrogen-bond acceptors (Lipinski definition) is 2. The molecular formula is C19H26N2O2. The summed E-state index contributed by atoms with van der Waals surface area (Å²) in [5.41, 5.74) is 1.47. The minimum absolute atomic E-state index is 0.106. The molecule has 23 heavy (non-hydrogen) atoms. The van der Waals surface area contributed by atoms with Crippen molar-refractivity contribution < 1.29 is 9.53 Å². The van der Waals surface area contributed by atoms with E-state index in [4.69, 9.17) is 4.74 Å². The average molecular weight is 314 g/mol. The van der Waals surface area contributed by atoms with Gasteiger partial charge in [-0.25, -0.2) is 4.79 Å². The zero-order chi connectivity index (χ0) is 15.7. The van der Waals surface area contributed by atoms with E-state index < -0.39 is 0 Å². The highest BCUT2D eigenvalue weighted by Crippen LogP contribution is 2.40. The Balaban J connectivity index is 1.43. The molecule has 0 unspecified atom stereocenters. The molecule has 3 aliphatic rings. The Morgan fingerprint density at radius 1 is 1.26 bits per heavy atom. The van der Waals surface area contributed by atoms with Gasteiger partial charge in [-0.3, -0.25) is 0 Å². The van der Waals surface area contributed by atoms with E-state index >= 15 is 0 Å². The molecule has 4 rings (SSSR count). The number of rotatable bonds is 3. The van der Waals surface area contributed by atoms with Gasteiger partial charge in [0.05, 0.1) is 12.6 Å². The number of hydrogen-bond donors (Lipinski definition) is 1. The molecule has 1 aromatic rings. The number of benzene rings is 1. The average Bonchev–Trinajstić information content (AvgIpc) is 3.16. The van der Waals surface area contributed by atoms with Crippen molar-refractivity contribution in [1.82, 2.24) is 10.2 Å². The van der Waals surface area contributed by atoms with Crippen LogP contribution in [0.4, 0.5) is 4.79 Å². The van der Waals surface area contributed by atoms with Crippen LogP contribution in [0.25, 0.3) is 0 Å². The maximum absolute atomic E-state index is 12.8. The first-order valence-corrected chi connectivity index (χ1v) is 8.94. The van der Waals surface area contributed by atoms with Crippen molar-refractivity contribution in [1.29, 1.82) is 0 Å². The summed E-state index contributed by atoms with van der Waals surface area (Å²) in [4.78, 5) is 14.8. The number of ether oxygens (including phenoxy) is 1. The second kappa shape index (κ2) is 6.16. The van der Waals surface area contributed by atoms with Gasteiger partial charge < -0.3 is 15.0 Å². The van der Waals surface area contributed by atoms with Crippen LogP contribution in [0.2, 0.25) is 0 Å². The van der Waals surface area contributed by atoms with Gasteiger partial charge in [0.15, 0.2) is 0 Å². The molecule has 1 spiro atoms. The van der Waals surface area contributed by atoms with E-state index in [1.165, 1.54) is 24.8 Å². The number of carbonyl (C=O) groups is 1. The Hall–Kier alpha value is -1.55. The van der Waals surface area contributed by atoms with Crippen molar-refractivity contribution in [2.45, 2.75) is 38.1 Å². The van der Waals surface area contributed by atoms with E-state index in [1.54, 1.807) is 0 Å². The van der Waals surface area contributed by atoms with Gasteiger partial charge in [-0.2, -0.15) is 0 Å². The number of nitrogens with one attached hydrogen (secondary N) is 1. The summed E-state index contributed by atoms with van der Waals surface area (Å²) in [7, 11) is 0. The molecule has 2 atom stereocenters. The van der Waals surface area contributed by atoms with Gasteiger partial charge in [0.25, 0.3) is 0 Å². The molecule has 2 saturated heterocycles. The van der Waals surface area contributed by atoms with Crippen molar-refractivity contribution in [3.05, 3.63) is 35.9 Å². The highest BCUT2D eigenvalue weighted by Gasteiger charge is 2.43. The lowest BCUT2D eigenvalue weighted by molar-refractivity contribution is 0.150. The molecule has 0 aromatic heterocycles. The molecule has 0 radical (unpaired) electrons. The first-order valence-electron chi connectivity index (χ1n) is 8.94. The summed E-state index contributed by atoms with van der Waals surface area (Å²) in [5.74, 6) is 0.590. The van der Waals surface area contributed by atoms with Gasteiger partial charge >= 0.3 is 6.03 Å². The maximum Gasteiger partial charge on any atom is 0.317 e. The van der Waals surface area contributed by atoms with E-state index in [0.29, 0.717) is 5.92 Å². The lowest BCUT2D eigenvalue weighted by atomic mass is 9.77. The van der Waals surface area contributed by atoms with Crippen LogP contribution in [0.1, 0.15) is 43.7 Å². The lowest BCUT2D eigenvalue weighted by Crippen LogP contribution is -2.44. The Labute approximate surface area is 138 Å². The Morgan fingerprint density at radius 2 is 2.09 bits per heavy atom. The lowest BCUT2D eigenvalue weighted by Gasteiger charge is -2.35. The number of nitrogens with zero attached hydrogens (tertiary/aromatic N) is 1. The summed E-state index contributed by atoms with van der Waals surface area (Å²) in [6.45, 7) is 3.39. The highest BCUT2D eigenvalue weighted by molar-refractivity contribution is 5.75. The molecule has 124 valence electrons. The topological polar surface area (TPSA) is 41.6 Å². The minimum Gasteiger partial charge on any atom is -0.381 e. The van der Waals surface area contributed by atoms with E-state index in [0.717, 1.165) is 39.1 Å². The molecule has 1 aromatic carbocycles. The van der Waals surface area contributed by atoms with Gasteiger partial charge in [0.2, 0.25) is 0 Å². The van der Waals surface area contributed by atoms with Crippen LogP contribution >= 0.6 is 0 Å². The molecule has 0 bridgehead atoms. The predicted molar refractivity (Wildman–Crippen MR) is 89.1 cm³/mol. The largest absolute Gasteiger partial charge is 0.381 e. The van der Waals surface area contributed by atoms with E-state index in [-0.39, 0.29) is 17.5 Å². The molecule has 1 saturated carbocycles. The van der Waals surface area contributed by atoms with Crippen LogP contribution in [0.3, 0.4) is 0 Å². The SMILES string of the molecule is O=C(N[C@H](c1ccccc1)C1CCC1)N1CC[C@@]2(CCOC2)C1. The van der Waals surface area contributed by atoms with E-state index in [9.17, 15) is 4.79 Å². The molecule has 1 N–H and O–H groups in total. The highest BCUT2D eigenvalue weighted by atomic mass is 16.5. The van der Waals surface area contributed by atoms with Crippen LogP contribution in [0, 0.1) is 11.3 Å². The van der Waals surface area contributed by atoms with Crippen molar-refractivity contribution in [3.8, 4) is 0 Å². The third-order valence-electron chi connectivity index (χ3n) is 5.97. The standard InChI is InChI=1S/C19H26N2O2/c22-18(21-11-9-19(13-21)10-12-23-14-19)20-17(16-7-4-8-16)15-5-2-1-3-6-15/h1-3,5-6,16-17H,4,7-14H2,(H,20,22)/t17-,19-/m1/s1. The first-order chi connectivity index (χ1) is 11.3. The van der Waals surface area contributed by atoms with Gasteiger partial charge in [-0.15, -0.1) is 0 Å². The Kier molecular flexibility index (Phi) is 4.02. The quantitative estimate of drug-likeness (QED) is 0.929. The summed E-state index contributed by atoms with van der Waals surface area (Å²) >= 11 is 0. The van der Waals surface area contributed by atoms with E-state index in [1.807, 2.05) is 11.0 Å². The summed E-state index contributed by atoms with van der Waals surface area (Å²) in [6, 6.07) is 10.7. The van der Waals surface area contributed by atoms with Gasteiger partial charge in [-0.1, -0.05) is 36.8 Å². The maximum atomic E-state index is 12.8.